The zero-order chi connectivity index (χ0) is 22.3. The minimum absolute atomic E-state index is 0.0596. The highest BCUT2D eigenvalue weighted by atomic mass is 16.6. The smallest absolute Gasteiger partial charge is 0.273 e. The lowest BCUT2D eigenvalue weighted by Gasteiger charge is -2.11. The van der Waals surface area contributed by atoms with Gasteiger partial charge < -0.3 is 20.7 Å². The molecule has 3 N–H and O–H groups in total. The van der Waals surface area contributed by atoms with Gasteiger partial charge in [-0.15, -0.1) is 0 Å². The van der Waals surface area contributed by atoms with Gasteiger partial charge in [-0.3, -0.25) is 24.5 Å². The van der Waals surface area contributed by atoms with Crippen LogP contribution in [0.5, 0.6) is 5.75 Å². The molecule has 0 atom stereocenters. The van der Waals surface area contributed by atoms with E-state index in [1.54, 1.807) is 19.1 Å². The number of nitro benzene ring substituents is 1. The highest BCUT2D eigenvalue weighted by Gasteiger charge is 2.16. The van der Waals surface area contributed by atoms with Crippen molar-refractivity contribution in [3.8, 4) is 5.75 Å². The minimum atomic E-state index is -0.637. The lowest BCUT2D eigenvalue weighted by Crippen LogP contribution is -2.40. The number of nitrogens with one attached hydrogen (secondary N) is 3. The van der Waals surface area contributed by atoms with Gasteiger partial charge in [0, 0.05) is 17.2 Å². The number of benzene rings is 2. The number of nitro groups is 1. The average molecular weight is 414 g/mol. The Hall–Kier alpha value is -3.95. The van der Waals surface area contributed by atoms with Gasteiger partial charge in [0.2, 0.25) is 11.8 Å². The van der Waals surface area contributed by atoms with E-state index in [0.717, 1.165) is 11.6 Å². The summed E-state index contributed by atoms with van der Waals surface area (Å²) in [6.45, 7) is 2.73. The molecule has 2 rings (SSSR count). The molecule has 0 aliphatic rings. The van der Waals surface area contributed by atoms with Gasteiger partial charge >= 0.3 is 0 Å². The van der Waals surface area contributed by atoms with E-state index in [1.807, 2.05) is 13.0 Å². The third kappa shape index (κ3) is 6.03. The highest BCUT2D eigenvalue weighted by Crippen LogP contribution is 2.25. The molecule has 0 aliphatic carbocycles. The Morgan fingerprint density at radius 1 is 1.00 bits per heavy atom. The summed E-state index contributed by atoms with van der Waals surface area (Å²) in [6.07, 6.45) is 0. The number of amides is 3. The zero-order valence-electron chi connectivity index (χ0n) is 16.8. The molecule has 0 radical (unpaired) electrons. The van der Waals surface area contributed by atoms with E-state index in [0.29, 0.717) is 17.0 Å². The van der Waals surface area contributed by atoms with Gasteiger partial charge in [0.15, 0.2) is 0 Å². The minimum Gasteiger partial charge on any atom is -0.495 e. The van der Waals surface area contributed by atoms with E-state index in [-0.39, 0.29) is 24.3 Å². The third-order valence-corrected chi connectivity index (χ3v) is 4.15. The van der Waals surface area contributed by atoms with Crippen molar-refractivity contribution in [3.63, 3.8) is 0 Å². The summed E-state index contributed by atoms with van der Waals surface area (Å²) in [5.41, 5.74) is 1.70. The van der Waals surface area contributed by atoms with Crippen LogP contribution in [0.3, 0.4) is 0 Å². The molecule has 0 aliphatic heterocycles. The number of nitrogens with zero attached hydrogens (tertiary/aromatic N) is 1. The molecular weight excluding hydrogens is 392 g/mol. The molecule has 0 saturated heterocycles. The molecule has 0 aromatic heterocycles. The molecular formula is C20H22N4O6. The Balaban J connectivity index is 1.84. The molecule has 158 valence electrons. The molecule has 0 bridgehead atoms. The molecule has 2 aromatic rings. The van der Waals surface area contributed by atoms with Crippen LogP contribution in [0.4, 0.5) is 11.4 Å². The predicted molar refractivity (Wildman–Crippen MR) is 110 cm³/mol. The van der Waals surface area contributed by atoms with Crippen LogP contribution in [0.15, 0.2) is 36.4 Å². The van der Waals surface area contributed by atoms with Crippen molar-refractivity contribution in [1.29, 1.82) is 0 Å². The maximum Gasteiger partial charge on any atom is 0.273 e. The first-order valence-corrected chi connectivity index (χ1v) is 8.95. The monoisotopic (exact) mass is 414 g/mol. The molecule has 0 spiro atoms. The van der Waals surface area contributed by atoms with Crippen LogP contribution in [0.1, 0.15) is 21.5 Å². The summed E-state index contributed by atoms with van der Waals surface area (Å²) < 4.78 is 5.17. The van der Waals surface area contributed by atoms with Crippen LogP contribution in [0.25, 0.3) is 0 Å². The van der Waals surface area contributed by atoms with Crippen molar-refractivity contribution in [1.82, 2.24) is 10.6 Å². The van der Waals surface area contributed by atoms with Crippen molar-refractivity contribution in [2.45, 2.75) is 13.8 Å². The fourth-order valence-electron chi connectivity index (χ4n) is 2.57. The molecule has 3 amide bonds. The van der Waals surface area contributed by atoms with Crippen molar-refractivity contribution in [2.24, 2.45) is 0 Å². The Bertz CT molecular complexity index is 989. The molecule has 10 heteroatoms. The fourth-order valence-corrected chi connectivity index (χ4v) is 2.57. The number of hydrogen-bond acceptors (Lipinski definition) is 6. The Labute approximate surface area is 172 Å². The summed E-state index contributed by atoms with van der Waals surface area (Å²) in [5.74, 6) is -1.20. The first-order chi connectivity index (χ1) is 14.2. The Morgan fingerprint density at radius 2 is 1.70 bits per heavy atom. The molecule has 0 unspecified atom stereocenters. The van der Waals surface area contributed by atoms with Crippen molar-refractivity contribution < 1.29 is 24.0 Å². The Kier molecular flexibility index (Phi) is 7.45. The number of rotatable bonds is 8. The molecule has 2 aromatic carbocycles. The maximum absolute atomic E-state index is 12.1. The van der Waals surface area contributed by atoms with Crippen LogP contribution >= 0.6 is 0 Å². The van der Waals surface area contributed by atoms with Crippen molar-refractivity contribution in [3.05, 3.63) is 63.2 Å². The number of aryl methyl sites for hydroxylation is 2. The molecule has 0 heterocycles. The van der Waals surface area contributed by atoms with E-state index in [4.69, 9.17) is 4.74 Å². The first kappa shape index (κ1) is 22.3. The Morgan fingerprint density at radius 3 is 2.37 bits per heavy atom. The predicted octanol–water partition coefficient (Wildman–Crippen LogP) is 1.70. The van der Waals surface area contributed by atoms with Crippen molar-refractivity contribution >= 4 is 29.1 Å². The van der Waals surface area contributed by atoms with Crippen LogP contribution in [0.2, 0.25) is 0 Å². The summed E-state index contributed by atoms with van der Waals surface area (Å²) >= 11 is 0. The van der Waals surface area contributed by atoms with E-state index in [2.05, 4.69) is 16.0 Å². The lowest BCUT2D eigenvalue weighted by atomic mass is 10.1. The topological polar surface area (TPSA) is 140 Å². The quantitative estimate of drug-likeness (QED) is 0.444. The number of hydrogen-bond donors (Lipinski definition) is 3. The maximum atomic E-state index is 12.1. The van der Waals surface area contributed by atoms with Gasteiger partial charge in [-0.05, 0) is 37.6 Å². The number of carbonyl (C=O) groups is 3. The summed E-state index contributed by atoms with van der Waals surface area (Å²) in [4.78, 5) is 46.5. The van der Waals surface area contributed by atoms with Gasteiger partial charge in [0.1, 0.15) is 5.75 Å². The van der Waals surface area contributed by atoms with Gasteiger partial charge in [-0.25, -0.2) is 0 Å². The van der Waals surface area contributed by atoms with Gasteiger partial charge in [-0.2, -0.15) is 0 Å². The third-order valence-electron chi connectivity index (χ3n) is 4.15. The lowest BCUT2D eigenvalue weighted by molar-refractivity contribution is -0.385. The number of ether oxygens (including phenoxy) is 1. The number of anilines is 1. The number of carbonyl (C=O) groups excluding carboxylic acids is 3. The second kappa shape index (κ2) is 10.0. The molecule has 0 fully saturated rings. The van der Waals surface area contributed by atoms with E-state index < -0.39 is 22.6 Å². The van der Waals surface area contributed by atoms with E-state index in [1.165, 1.54) is 19.2 Å². The molecule has 10 nitrogen and oxygen atoms in total. The van der Waals surface area contributed by atoms with E-state index >= 15 is 0 Å². The van der Waals surface area contributed by atoms with Crippen LogP contribution in [-0.2, 0) is 9.59 Å². The van der Waals surface area contributed by atoms with Crippen molar-refractivity contribution in [2.75, 3.05) is 25.5 Å². The summed E-state index contributed by atoms with van der Waals surface area (Å²) in [6, 6.07) is 9.32. The second-order valence-corrected chi connectivity index (χ2v) is 6.47. The normalized spacial score (nSPS) is 10.1. The molecule has 0 saturated carbocycles. The van der Waals surface area contributed by atoms with Crippen LogP contribution < -0.4 is 20.7 Å². The van der Waals surface area contributed by atoms with Crippen LogP contribution in [0, 0.1) is 24.0 Å². The summed E-state index contributed by atoms with van der Waals surface area (Å²) in [5, 5.41) is 18.3. The number of methoxy groups -OCH3 is 1. The largest absolute Gasteiger partial charge is 0.495 e. The molecule has 30 heavy (non-hydrogen) atoms. The first-order valence-electron chi connectivity index (χ1n) is 8.95. The fraction of sp³-hybridized carbons (Fsp3) is 0.250. The standard InChI is InChI=1S/C20H22N4O6/c1-12-4-7-17(30-3)15(8-12)23-19(26)11-21-18(25)10-22-20(27)14-6-5-13(2)16(9-14)24(28)29/h4-9H,10-11H2,1-3H3,(H,21,25)(H,22,27)(H,23,26). The zero-order valence-corrected chi connectivity index (χ0v) is 16.8. The van der Waals surface area contributed by atoms with E-state index in [9.17, 15) is 24.5 Å². The second-order valence-electron chi connectivity index (χ2n) is 6.47. The SMILES string of the molecule is COc1ccc(C)cc1NC(=O)CNC(=O)CNC(=O)c1ccc(C)c([N+](=O)[O-])c1. The van der Waals surface area contributed by atoms with Gasteiger partial charge in [0.25, 0.3) is 11.6 Å². The highest BCUT2D eigenvalue weighted by molar-refractivity contribution is 5.98. The summed E-state index contributed by atoms with van der Waals surface area (Å²) in [7, 11) is 1.48. The average Bonchev–Trinajstić information content (AvgIpc) is 2.70. The van der Waals surface area contributed by atoms with Crippen LogP contribution in [-0.4, -0.2) is 42.8 Å². The van der Waals surface area contributed by atoms with Gasteiger partial charge in [-0.1, -0.05) is 12.1 Å². The van der Waals surface area contributed by atoms with Gasteiger partial charge in [0.05, 0.1) is 30.8 Å².